The maximum Gasteiger partial charge on any atom is 0.320 e. The summed E-state index contributed by atoms with van der Waals surface area (Å²) < 4.78 is 29.1. The molecule has 3 rings (SSSR count). The monoisotopic (exact) mass is 547 g/mol. The van der Waals surface area contributed by atoms with Crippen molar-refractivity contribution in [2.75, 3.05) is 19.4 Å². The van der Waals surface area contributed by atoms with Crippen LogP contribution in [0.5, 0.6) is 5.75 Å². The highest BCUT2D eigenvalue weighted by Crippen LogP contribution is 2.58. The van der Waals surface area contributed by atoms with Crippen LogP contribution in [0.4, 0.5) is 0 Å². The average Bonchev–Trinajstić information content (AvgIpc) is 3.01. The molecule has 0 spiro atoms. The number of carbonyl (C=O) groups is 1. The second kappa shape index (κ2) is 13.8. The predicted octanol–water partition coefficient (Wildman–Crippen LogP) is 5.51. The standard InChI is InChI=1S/C29H45N3O5S/c1-4-6-15-29(5-2)20-38(35,36)26-17-22(19-31-24(28(33)34)14-10-11-16-30)25(37-3)18-23(26)27(32-29)21-12-8-7-9-13-21/h7-9,12-13,17-18,24,27,31-32,35-36H,4-6,10-11,14-16,19-20,30H2,1-3H3,(H,33,34)/t24-,27+,29+/m0/s1. The average molecular weight is 548 g/mol. The number of hydrogen-bond acceptors (Lipinski definition) is 7. The summed E-state index contributed by atoms with van der Waals surface area (Å²) in [5.41, 5.74) is 7.64. The van der Waals surface area contributed by atoms with Crippen LogP contribution in [0.1, 0.15) is 81.5 Å². The molecule has 7 N–H and O–H groups in total. The number of fused-ring (bicyclic) bond motifs is 1. The van der Waals surface area contributed by atoms with E-state index in [1.54, 1.807) is 13.2 Å². The van der Waals surface area contributed by atoms with Crippen molar-refractivity contribution in [2.45, 2.75) is 87.9 Å². The highest BCUT2D eigenvalue weighted by Gasteiger charge is 2.42. The first-order chi connectivity index (χ1) is 18.2. The molecule has 0 aromatic heterocycles. The molecule has 0 saturated carbocycles. The number of rotatable bonds is 14. The van der Waals surface area contributed by atoms with Crippen LogP contribution < -0.4 is 21.1 Å². The van der Waals surface area contributed by atoms with Crippen molar-refractivity contribution in [3.8, 4) is 5.75 Å². The van der Waals surface area contributed by atoms with Crippen LogP contribution in [0.15, 0.2) is 47.4 Å². The highest BCUT2D eigenvalue weighted by atomic mass is 32.3. The van der Waals surface area contributed by atoms with Crippen LogP contribution >= 0.6 is 10.6 Å². The van der Waals surface area contributed by atoms with Crippen LogP contribution in [-0.2, 0) is 11.3 Å². The molecule has 0 amide bonds. The lowest BCUT2D eigenvalue weighted by molar-refractivity contribution is -0.139. The molecule has 0 aliphatic carbocycles. The quantitative estimate of drug-likeness (QED) is 0.170. The third kappa shape index (κ3) is 7.28. The normalized spacial score (nSPS) is 22.2. The molecular weight excluding hydrogens is 502 g/mol. The fourth-order valence-corrected chi connectivity index (χ4v) is 7.57. The third-order valence-electron chi connectivity index (χ3n) is 7.61. The minimum Gasteiger partial charge on any atom is -0.496 e. The molecular formula is C29H45N3O5S. The lowest BCUT2D eigenvalue weighted by atomic mass is 9.88. The van der Waals surface area contributed by atoms with Gasteiger partial charge in [0.05, 0.1) is 23.8 Å². The van der Waals surface area contributed by atoms with Gasteiger partial charge in [-0.2, -0.15) is 10.6 Å². The summed E-state index contributed by atoms with van der Waals surface area (Å²) in [6, 6.07) is 12.8. The predicted molar refractivity (Wildman–Crippen MR) is 154 cm³/mol. The lowest BCUT2D eigenvalue weighted by Gasteiger charge is -2.42. The Bertz CT molecular complexity index is 1050. The largest absolute Gasteiger partial charge is 0.496 e. The molecule has 212 valence electrons. The maximum absolute atomic E-state index is 11.8. The Balaban J connectivity index is 2.07. The Morgan fingerprint density at radius 1 is 1.21 bits per heavy atom. The summed E-state index contributed by atoms with van der Waals surface area (Å²) >= 11 is 0. The molecule has 9 heteroatoms. The minimum atomic E-state index is -3.17. The number of nitrogens with one attached hydrogen (secondary N) is 2. The van der Waals surface area contributed by atoms with Crippen molar-refractivity contribution in [2.24, 2.45) is 5.73 Å². The first kappa shape index (κ1) is 30.4. The highest BCUT2D eigenvalue weighted by molar-refractivity contribution is 8.24. The van der Waals surface area contributed by atoms with Gasteiger partial charge in [0.1, 0.15) is 11.8 Å². The van der Waals surface area contributed by atoms with E-state index in [2.05, 4.69) is 36.6 Å². The van der Waals surface area contributed by atoms with E-state index in [1.165, 1.54) is 0 Å². The summed E-state index contributed by atoms with van der Waals surface area (Å²) in [6.45, 7) is 5.00. The van der Waals surface area contributed by atoms with E-state index >= 15 is 0 Å². The van der Waals surface area contributed by atoms with Crippen molar-refractivity contribution in [3.05, 3.63) is 59.2 Å². The Morgan fingerprint density at radius 3 is 2.55 bits per heavy atom. The Morgan fingerprint density at radius 2 is 1.95 bits per heavy atom. The molecule has 2 aromatic carbocycles. The van der Waals surface area contributed by atoms with Crippen LogP contribution in [0.25, 0.3) is 0 Å². The zero-order valence-electron chi connectivity index (χ0n) is 22.9. The number of aliphatic carboxylic acids is 1. The third-order valence-corrected chi connectivity index (χ3v) is 9.62. The molecule has 0 unspecified atom stereocenters. The van der Waals surface area contributed by atoms with Crippen LogP contribution in [0, 0.1) is 0 Å². The van der Waals surface area contributed by atoms with Gasteiger partial charge in [0.25, 0.3) is 0 Å². The lowest BCUT2D eigenvalue weighted by Crippen LogP contribution is -2.49. The van der Waals surface area contributed by atoms with Gasteiger partial charge in [0.2, 0.25) is 0 Å². The van der Waals surface area contributed by atoms with Crippen molar-refractivity contribution < 1.29 is 23.7 Å². The number of unbranched alkanes of at least 4 members (excludes halogenated alkanes) is 2. The molecule has 0 saturated heterocycles. The zero-order chi connectivity index (χ0) is 27.8. The number of ether oxygens (including phenoxy) is 1. The molecule has 2 aromatic rings. The van der Waals surface area contributed by atoms with Gasteiger partial charge in [0, 0.05) is 23.2 Å². The van der Waals surface area contributed by atoms with E-state index < -0.39 is 28.1 Å². The summed E-state index contributed by atoms with van der Waals surface area (Å²) in [7, 11) is -1.58. The van der Waals surface area contributed by atoms with Crippen LogP contribution in [-0.4, -0.2) is 51.2 Å². The molecule has 0 radical (unpaired) electrons. The molecule has 0 fully saturated rings. The van der Waals surface area contributed by atoms with Crippen LogP contribution in [0.2, 0.25) is 0 Å². The van der Waals surface area contributed by atoms with Gasteiger partial charge in [-0.25, -0.2) is 0 Å². The van der Waals surface area contributed by atoms with Crippen molar-refractivity contribution in [3.63, 3.8) is 0 Å². The molecule has 38 heavy (non-hydrogen) atoms. The summed E-state index contributed by atoms with van der Waals surface area (Å²) in [5.74, 6) is -0.113. The van der Waals surface area contributed by atoms with E-state index in [9.17, 15) is 19.0 Å². The fourth-order valence-electron chi connectivity index (χ4n) is 5.33. The molecule has 1 heterocycles. The second-order valence-electron chi connectivity index (χ2n) is 10.3. The Hall–Kier alpha value is -2.14. The molecule has 8 nitrogen and oxygen atoms in total. The molecule has 0 bridgehead atoms. The van der Waals surface area contributed by atoms with E-state index in [0.29, 0.717) is 35.6 Å². The van der Waals surface area contributed by atoms with Gasteiger partial charge < -0.3 is 20.9 Å². The minimum absolute atomic E-state index is 0.225. The smallest absolute Gasteiger partial charge is 0.320 e. The number of methoxy groups -OCH3 is 1. The van der Waals surface area contributed by atoms with E-state index in [0.717, 1.165) is 43.2 Å². The SMILES string of the molecule is CCCC[C@]1(CC)CS(O)(O)c2cc(CN[C@@H](CCCCN)C(=O)O)c(OC)cc2[C@@H](c2ccccc2)N1. The topological polar surface area (TPSA) is 137 Å². The summed E-state index contributed by atoms with van der Waals surface area (Å²) in [5, 5.41) is 16.7. The van der Waals surface area contributed by atoms with Gasteiger partial charge in [-0.15, -0.1) is 0 Å². The van der Waals surface area contributed by atoms with E-state index in [1.807, 2.05) is 24.3 Å². The molecule has 1 aliphatic heterocycles. The van der Waals surface area contributed by atoms with Crippen LogP contribution in [0.3, 0.4) is 0 Å². The van der Waals surface area contributed by atoms with Crippen molar-refractivity contribution >= 4 is 16.6 Å². The van der Waals surface area contributed by atoms with Gasteiger partial charge in [-0.05, 0) is 49.9 Å². The summed E-state index contributed by atoms with van der Waals surface area (Å²) in [6.07, 6.45) is 5.53. The van der Waals surface area contributed by atoms with Crippen molar-refractivity contribution in [1.29, 1.82) is 0 Å². The summed E-state index contributed by atoms with van der Waals surface area (Å²) in [4.78, 5) is 12.3. The number of benzene rings is 2. The van der Waals surface area contributed by atoms with Gasteiger partial charge in [-0.3, -0.25) is 19.2 Å². The van der Waals surface area contributed by atoms with Gasteiger partial charge >= 0.3 is 5.97 Å². The van der Waals surface area contributed by atoms with Gasteiger partial charge in [-0.1, -0.05) is 63.4 Å². The maximum atomic E-state index is 11.8. The molecule has 1 aliphatic rings. The second-order valence-corrected chi connectivity index (χ2v) is 12.4. The number of carboxylic acids is 1. The Labute approximate surface area is 228 Å². The zero-order valence-corrected chi connectivity index (χ0v) is 23.7. The number of nitrogens with two attached hydrogens (primary N) is 1. The van der Waals surface area contributed by atoms with Crippen molar-refractivity contribution in [1.82, 2.24) is 10.6 Å². The van der Waals surface area contributed by atoms with E-state index in [4.69, 9.17) is 10.5 Å². The van der Waals surface area contributed by atoms with Gasteiger partial charge in [0.15, 0.2) is 0 Å². The fraction of sp³-hybridized carbons (Fsp3) is 0.552. The Kier molecular flexibility index (Phi) is 11.0. The number of hydrogen-bond donors (Lipinski definition) is 6. The number of carboxylic acid groups (broad SMARTS) is 1. The first-order valence-electron chi connectivity index (χ1n) is 13.7. The molecule has 3 atom stereocenters. The van der Waals surface area contributed by atoms with E-state index in [-0.39, 0.29) is 18.3 Å². The first-order valence-corrected chi connectivity index (χ1v) is 15.4.